The number of aromatic nitrogens is 2. The number of hydrogen-bond acceptors (Lipinski definition) is 2. The minimum atomic E-state index is 0.938. The zero-order valence-electron chi connectivity index (χ0n) is 13.8. The summed E-state index contributed by atoms with van der Waals surface area (Å²) in [6, 6.07) is 0. The number of oxime groups is 1. The van der Waals surface area contributed by atoms with Crippen LogP contribution in [0.2, 0.25) is 0 Å². The lowest BCUT2D eigenvalue weighted by atomic mass is 10.1. The van der Waals surface area contributed by atoms with Gasteiger partial charge in [0.1, 0.15) is 12.4 Å². The average molecular weight is 294 g/mol. The van der Waals surface area contributed by atoms with Crippen LogP contribution in [0, 0.1) is 0 Å². The molecule has 120 valence electrons. The van der Waals surface area contributed by atoms with Gasteiger partial charge in [0.15, 0.2) is 6.21 Å². The molecule has 1 rings (SSSR count). The predicted molar refractivity (Wildman–Crippen MR) is 86.8 cm³/mol. The molecule has 1 aromatic rings. The van der Waals surface area contributed by atoms with Gasteiger partial charge >= 0.3 is 5.82 Å². The number of nitrogens with zero attached hydrogens (tertiary/aromatic N) is 3. The first-order chi connectivity index (χ1) is 10.3. The monoisotopic (exact) mass is 294 g/mol. The lowest BCUT2D eigenvalue weighted by molar-refractivity contribution is -0.671. The second-order valence-electron chi connectivity index (χ2n) is 5.89. The molecule has 0 fully saturated rings. The van der Waals surface area contributed by atoms with Crippen LogP contribution in [-0.2, 0) is 13.6 Å². The molecule has 1 N–H and O–H groups in total. The van der Waals surface area contributed by atoms with Crippen molar-refractivity contribution in [1.29, 1.82) is 0 Å². The summed E-state index contributed by atoms with van der Waals surface area (Å²) in [6.45, 7) is 3.27. The van der Waals surface area contributed by atoms with E-state index < -0.39 is 0 Å². The van der Waals surface area contributed by atoms with Crippen molar-refractivity contribution in [2.75, 3.05) is 0 Å². The van der Waals surface area contributed by atoms with Crippen LogP contribution in [0.25, 0.3) is 0 Å². The van der Waals surface area contributed by atoms with E-state index in [-0.39, 0.29) is 0 Å². The molecule has 0 aliphatic heterocycles. The molecule has 0 amide bonds. The van der Waals surface area contributed by atoms with Crippen molar-refractivity contribution in [3.05, 3.63) is 18.2 Å². The van der Waals surface area contributed by atoms with Gasteiger partial charge in [-0.25, -0.2) is 9.13 Å². The Morgan fingerprint density at radius 3 is 2.19 bits per heavy atom. The zero-order chi connectivity index (χ0) is 15.3. The molecule has 0 aliphatic rings. The van der Waals surface area contributed by atoms with Crippen molar-refractivity contribution in [3.8, 4) is 0 Å². The van der Waals surface area contributed by atoms with E-state index >= 15 is 0 Å². The van der Waals surface area contributed by atoms with Crippen molar-refractivity contribution in [1.82, 2.24) is 4.57 Å². The SMILES string of the molecule is CCCCCCCCCCCCn1cc[n+](C)c1C=NO. The third kappa shape index (κ3) is 7.30. The van der Waals surface area contributed by atoms with Crippen molar-refractivity contribution >= 4 is 6.21 Å². The van der Waals surface area contributed by atoms with Crippen molar-refractivity contribution < 1.29 is 9.77 Å². The van der Waals surface area contributed by atoms with Crippen LogP contribution in [-0.4, -0.2) is 16.0 Å². The largest absolute Gasteiger partial charge is 0.411 e. The van der Waals surface area contributed by atoms with Gasteiger partial charge in [0, 0.05) is 0 Å². The Hall–Kier alpha value is -1.32. The third-order valence-electron chi connectivity index (χ3n) is 4.05. The minimum Gasteiger partial charge on any atom is -0.411 e. The number of rotatable bonds is 12. The van der Waals surface area contributed by atoms with Crippen LogP contribution in [0.4, 0.5) is 0 Å². The van der Waals surface area contributed by atoms with Gasteiger partial charge in [0.2, 0.25) is 0 Å². The molecule has 0 radical (unpaired) electrons. The number of imidazole rings is 1. The molecule has 1 aromatic heterocycles. The molecule has 0 spiro atoms. The summed E-state index contributed by atoms with van der Waals surface area (Å²) in [5, 5.41) is 11.8. The summed E-state index contributed by atoms with van der Waals surface area (Å²) in [4.78, 5) is 0. The highest BCUT2D eigenvalue weighted by atomic mass is 16.4. The van der Waals surface area contributed by atoms with Crippen LogP contribution in [0.15, 0.2) is 17.5 Å². The van der Waals surface area contributed by atoms with Crippen molar-refractivity contribution in [2.24, 2.45) is 12.2 Å². The normalized spacial score (nSPS) is 11.5. The van der Waals surface area contributed by atoms with Crippen molar-refractivity contribution in [2.45, 2.75) is 77.7 Å². The highest BCUT2D eigenvalue weighted by molar-refractivity contribution is 5.72. The second kappa shape index (κ2) is 11.4. The Morgan fingerprint density at radius 2 is 1.62 bits per heavy atom. The van der Waals surface area contributed by atoms with Crippen LogP contribution in [0.1, 0.15) is 77.0 Å². The molecule has 0 aliphatic carbocycles. The zero-order valence-corrected chi connectivity index (χ0v) is 13.8. The van der Waals surface area contributed by atoms with Gasteiger partial charge in [-0.3, -0.25) is 0 Å². The van der Waals surface area contributed by atoms with E-state index in [0.717, 1.165) is 12.4 Å². The lowest BCUT2D eigenvalue weighted by Crippen LogP contribution is -2.32. The van der Waals surface area contributed by atoms with Crippen LogP contribution in [0.5, 0.6) is 0 Å². The van der Waals surface area contributed by atoms with E-state index in [9.17, 15) is 0 Å². The highest BCUT2D eigenvalue weighted by Crippen LogP contribution is 2.11. The van der Waals surface area contributed by atoms with Gasteiger partial charge in [-0.15, -0.1) is 0 Å². The summed E-state index contributed by atoms with van der Waals surface area (Å²) in [7, 11) is 1.96. The Labute approximate surface area is 129 Å². The molecule has 0 aromatic carbocycles. The molecular weight excluding hydrogens is 262 g/mol. The average Bonchev–Trinajstić information content (AvgIpc) is 2.83. The summed E-state index contributed by atoms with van der Waals surface area (Å²) in [5.74, 6) is 0.938. The van der Waals surface area contributed by atoms with Crippen LogP contribution >= 0.6 is 0 Å². The van der Waals surface area contributed by atoms with Gasteiger partial charge in [-0.05, 0) is 12.8 Å². The summed E-state index contributed by atoms with van der Waals surface area (Å²) in [5.41, 5.74) is 0. The summed E-state index contributed by atoms with van der Waals surface area (Å²) in [6.07, 6.45) is 19.1. The highest BCUT2D eigenvalue weighted by Gasteiger charge is 2.11. The lowest BCUT2D eigenvalue weighted by Gasteiger charge is -2.02. The fourth-order valence-corrected chi connectivity index (χ4v) is 2.71. The smallest absolute Gasteiger partial charge is 0.303 e. The van der Waals surface area contributed by atoms with E-state index in [1.54, 1.807) is 0 Å². The molecule has 0 bridgehead atoms. The summed E-state index contributed by atoms with van der Waals surface area (Å²) < 4.78 is 4.11. The number of hydrogen-bond donors (Lipinski definition) is 1. The standard InChI is InChI=1S/C17H31N3O/c1-3-4-5-6-7-8-9-10-11-12-13-20-15-14-19(2)17(20)16-18-21/h14-16H,3-13H2,1-2H3/p+1. The Bertz CT molecular complexity index is 399. The Kier molecular flexibility index (Phi) is 9.58. The minimum absolute atomic E-state index is 0.938. The van der Waals surface area contributed by atoms with E-state index in [0.29, 0.717) is 0 Å². The molecule has 1 heterocycles. The maximum Gasteiger partial charge on any atom is 0.303 e. The van der Waals surface area contributed by atoms with Crippen molar-refractivity contribution in [3.63, 3.8) is 0 Å². The molecule has 4 heteroatoms. The number of unbranched alkanes of at least 4 members (excludes halogenated alkanes) is 9. The van der Waals surface area contributed by atoms with Gasteiger partial charge in [-0.1, -0.05) is 63.4 Å². The van der Waals surface area contributed by atoms with E-state index in [1.165, 1.54) is 70.4 Å². The molecule has 0 saturated carbocycles. The maximum atomic E-state index is 8.68. The Morgan fingerprint density at radius 1 is 1.05 bits per heavy atom. The first-order valence-electron chi connectivity index (χ1n) is 8.51. The van der Waals surface area contributed by atoms with E-state index in [4.69, 9.17) is 5.21 Å². The van der Waals surface area contributed by atoms with Gasteiger partial charge < -0.3 is 5.21 Å². The first-order valence-corrected chi connectivity index (χ1v) is 8.51. The quantitative estimate of drug-likeness (QED) is 0.204. The number of aryl methyl sites for hydroxylation is 2. The molecule has 4 nitrogen and oxygen atoms in total. The third-order valence-corrected chi connectivity index (χ3v) is 4.05. The van der Waals surface area contributed by atoms with E-state index in [1.807, 2.05) is 24.0 Å². The molecular formula is C17H32N3O+. The van der Waals surface area contributed by atoms with Gasteiger partial charge in [-0.2, -0.15) is 0 Å². The second-order valence-corrected chi connectivity index (χ2v) is 5.89. The first kappa shape index (κ1) is 17.7. The van der Waals surface area contributed by atoms with Crippen LogP contribution in [0.3, 0.4) is 0 Å². The Balaban J connectivity index is 2.04. The van der Waals surface area contributed by atoms with Gasteiger partial charge in [0.05, 0.1) is 13.6 Å². The fourth-order valence-electron chi connectivity index (χ4n) is 2.71. The molecule has 0 saturated heterocycles. The molecule has 0 unspecified atom stereocenters. The van der Waals surface area contributed by atoms with E-state index in [2.05, 4.69) is 16.6 Å². The molecule has 21 heavy (non-hydrogen) atoms. The molecule has 0 atom stereocenters. The predicted octanol–water partition coefficient (Wildman–Crippen LogP) is 4.04. The van der Waals surface area contributed by atoms with Crippen LogP contribution < -0.4 is 4.57 Å². The fraction of sp³-hybridized carbons (Fsp3) is 0.765. The topological polar surface area (TPSA) is 41.4 Å². The summed E-state index contributed by atoms with van der Waals surface area (Å²) >= 11 is 0. The maximum absolute atomic E-state index is 8.68. The van der Waals surface area contributed by atoms with Gasteiger partial charge in [0.25, 0.3) is 0 Å².